The lowest BCUT2D eigenvalue weighted by molar-refractivity contribution is -0.870. The van der Waals surface area contributed by atoms with Crippen molar-refractivity contribution >= 4 is 13.7 Å². The predicted octanol–water partition coefficient (Wildman–Crippen LogP) is 16.4. The lowest BCUT2D eigenvalue weighted by Crippen LogP contribution is -2.45. The van der Waals surface area contributed by atoms with Crippen molar-refractivity contribution in [3.05, 3.63) is 24.3 Å². The van der Waals surface area contributed by atoms with E-state index >= 15 is 0 Å². The van der Waals surface area contributed by atoms with E-state index < -0.39 is 20.0 Å². The normalized spacial score (nSPS) is 14.2. The van der Waals surface area contributed by atoms with Crippen molar-refractivity contribution in [1.82, 2.24) is 5.32 Å². The van der Waals surface area contributed by atoms with Crippen LogP contribution in [0.1, 0.15) is 271 Å². The molecule has 0 spiro atoms. The molecule has 0 bridgehead atoms. The van der Waals surface area contributed by atoms with Gasteiger partial charge < -0.3 is 19.8 Å². The van der Waals surface area contributed by atoms with Crippen LogP contribution in [0, 0.1) is 0 Å². The molecule has 64 heavy (non-hydrogen) atoms. The molecule has 0 aromatic rings. The number of likely N-dealkylation sites (N-methyl/N-ethyl adjacent to an activating group) is 1. The second kappa shape index (κ2) is 47.1. The van der Waals surface area contributed by atoms with E-state index in [9.17, 15) is 19.4 Å². The first kappa shape index (κ1) is 63.0. The van der Waals surface area contributed by atoms with Gasteiger partial charge in [0.25, 0.3) is 0 Å². The first-order chi connectivity index (χ1) is 31.0. The number of amides is 1. The molecule has 0 heterocycles. The van der Waals surface area contributed by atoms with Crippen LogP contribution in [0.2, 0.25) is 0 Å². The van der Waals surface area contributed by atoms with Crippen LogP contribution in [0.3, 0.4) is 0 Å². The molecule has 0 radical (unpaired) electrons. The number of aliphatic hydroxyl groups is 1. The van der Waals surface area contributed by atoms with E-state index in [1.165, 1.54) is 212 Å². The van der Waals surface area contributed by atoms with Gasteiger partial charge in [0.05, 0.1) is 39.9 Å². The fraction of sp³-hybridized carbons (Fsp3) is 0.909. The summed E-state index contributed by atoms with van der Waals surface area (Å²) in [5.41, 5.74) is 0. The smallest absolute Gasteiger partial charge is 0.387 e. The second-order valence-electron chi connectivity index (χ2n) is 20.3. The summed E-state index contributed by atoms with van der Waals surface area (Å²) in [5.74, 6) is -0.175. The highest BCUT2D eigenvalue weighted by atomic mass is 31.2. The Labute approximate surface area is 398 Å². The molecule has 9 heteroatoms. The van der Waals surface area contributed by atoms with Gasteiger partial charge in [-0.2, -0.15) is 0 Å². The Hall–Kier alpha value is -1.02. The van der Waals surface area contributed by atoms with Gasteiger partial charge in [-0.3, -0.25) is 13.8 Å². The molecule has 0 aliphatic rings. The van der Waals surface area contributed by atoms with Gasteiger partial charge in [0.15, 0.2) is 0 Å². The molecule has 8 nitrogen and oxygen atoms in total. The number of quaternary nitrogens is 1. The molecule has 3 unspecified atom stereocenters. The Balaban J connectivity index is 3.95. The van der Waals surface area contributed by atoms with Crippen LogP contribution in [0.4, 0.5) is 0 Å². The monoisotopic (exact) mass is 926 g/mol. The van der Waals surface area contributed by atoms with Crippen molar-refractivity contribution in [2.45, 2.75) is 283 Å². The summed E-state index contributed by atoms with van der Waals surface area (Å²) in [4.78, 5) is 23.2. The van der Waals surface area contributed by atoms with Crippen molar-refractivity contribution in [2.24, 2.45) is 0 Å². The molecule has 380 valence electrons. The summed E-state index contributed by atoms with van der Waals surface area (Å²) in [6.45, 7) is 4.82. The van der Waals surface area contributed by atoms with Crippen LogP contribution < -0.4 is 5.32 Å². The van der Waals surface area contributed by atoms with Gasteiger partial charge in [-0.05, 0) is 44.9 Å². The largest absolute Gasteiger partial charge is 0.472 e. The topological polar surface area (TPSA) is 105 Å². The van der Waals surface area contributed by atoms with E-state index in [0.717, 1.165) is 38.5 Å². The van der Waals surface area contributed by atoms with Crippen LogP contribution >= 0.6 is 7.82 Å². The number of unbranched alkanes of at least 4 members (excludes halogenated alkanes) is 36. The molecule has 0 rings (SSSR count). The number of aliphatic hydroxyl groups excluding tert-OH is 1. The summed E-state index contributed by atoms with van der Waals surface area (Å²) in [7, 11) is 1.58. The van der Waals surface area contributed by atoms with E-state index in [1.807, 2.05) is 27.2 Å². The number of hydrogen-bond donors (Lipinski definition) is 3. The molecule has 1 amide bonds. The van der Waals surface area contributed by atoms with Crippen LogP contribution in [0.15, 0.2) is 24.3 Å². The summed E-state index contributed by atoms with van der Waals surface area (Å²) in [6.07, 6.45) is 58.7. The van der Waals surface area contributed by atoms with Gasteiger partial charge in [-0.15, -0.1) is 0 Å². The summed E-state index contributed by atoms with van der Waals surface area (Å²) in [6, 6.07) is -0.842. The van der Waals surface area contributed by atoms with Crippen molar-refractivity contribution in [1.29, 1.82) is 0 Å². The van der Waals surface area contributed by atoms with Crippen molar-refractivity contribution in [3.63, 3.8) is 0 Å². The van der Waals surface area contributed by atoms with Gasteiger partial charge in [-0.1, -0.05) is 244 Å². The lowest BCUT2D eigenvalue weighted by Gasteiger charge is -2.25. The summed E-state index contributed by atoms with van der Waals surface area (Å²) in [5, 5.41) is 13.8. The minimum atomic E-state index is -4.33. The zero-order chi connectivity index (χ0) is 47.1. The Kier molecular flexibility index (Phi) is 46.3. The zero-order valence-electron chi connectivity index (χ0n) is 43.3. The minimum Gasteiger partial charge on any atom is -0.387 e. The average molecular weight is 926 g/mol. The Morgan fingerprint density at radius 2 is 0.844 bits per heavy atom. The molecular formula is C55H110N2O6P+. The minimum absolute atomic E-state index is 0.0632. The molecule has 0 saturated heterocycles. The number of allylic oxidation sites excluding steroid dienone is 3. The van der Waals surface area contributed by atoms with Gasteiger partial charge >= 0.3 is 7.82 Å². The third-order valence-corrected chi connectivity index (χ3v) is 13.6. The van der Waals surface area contributed by atoms with Gasteiger partial charge in [0.1, 0.15) is 13.2 Å². The SMILES string of the molecule is CCCCCCCCCC/C=C/C(O)C(COP(=O)(O)OCC[N+](C)(C)C)NC(=O)CCCCCCCCCCCCCCCCCC/C=C\CCCCCCCCCCCCCC. The van der Waals surface area contributed by atoms with Crippen molar-refractivity contribution < 1.29 is 32.9 Å². The number of carbonyl (C=O) groups is 1. The van der Waals surface area contributed by atoms with E-state index in [2.05, 4.69) is 31.3 Å². The number of nitrogens with one attached hydrogen (secondary N) is 1. The number of phosphoric ester groups is 1. The highest BCUT2D eigenvalue weighted by molar-refractivity contribution is 7.47. The molecule has 0 saturated carbocycles. The van der Waals surface area contributed by atoms with Gasteiger partial charge in [0, 0.05) is 6.42 Å². The molecule has 0 aromatic heterocycles. The fourth-order valence-corrected chi connectivity index (χ4v) is 9.01. The number of hydrogen-bond acceptors (Lipinski definition) is 5. The van der Waals surface area contributed by atoms with E-state index in [-0.39, 0.29) is 19.1 Å². The maximum atomic E-state index is 12.9. The first-order valence-electron chi connectivity index (χ1n) is 27.7. The van der Waals surface area contributed by atoms with E-state index in [4.69, 9.17) is 9.05 Å². The molecule has 3 N–H and O–H groups in total. The standard InChI is InChI=1S/C55H109N2O6P/c1-6-8-10-12-14-16-18-19-20-21-22-23-24-25-26-27-28-29-30-31-32-33-34-35-36-37-38-39-41-43-45-47-49-55(59)56-53(52-63-64(60,61)62-51-50-57(3,4)5)54(58)48-46-44-42-40-17-15-13-11-9-7-2/h25-26,46,48,53-54,58H,6-24,27-45,47,49-52H2,1-5H3,(H-,56,59,60,61)/p+1/b26-25-,48-46+. The quantitative estimate of drug-likeness (QED) is 0.0243. The molecule has 0 fully saturated rings. The average Bonchev–Trinajstić information content (AvgIpc) is 3.25. The summed E-state index contributed by atoms with van der Waals surface area (Å²) >= 11 is 0. The molecule has 3 atom stereocenters. The number of carbonyl (C=O) groups excluding carboxylic acids is 1. The Morgan fingerprint density at radius 1 is 0.516 bits per heavy atom. The third-order valence-electron chi connectivity index (χ3n) is 12.7. The molecule has 0 aliphatic heterocycles. The Morgan fingerprint density at radius 3 is 1.20 bits per heavy atom. The number of nitrogens with zero attached hydrogens (tertiary/aromatic N) is 1. The summed E-state index contributed by atoms with van der Waals surface area (Å²) < 4.78 is 23.6. The Bertz CT molecular complexity index is 1090. The fourth-order valence-electron chi connectivity index (χ4n) is 8.27. The molecular weight excluding hydrogens is 816 g/mol. The van der Waals surface area contributed by atoms with E-state index in [0.29, 0.717) is 17.4 Å². The lowest BCUT2D eigenvalue weighted by atomic mass is 10.0. The highest BCUT2D eigenvalue weighted by Crippen LogP contribution is 2.43. The first-order valence-corrected chi connectivity index (χ1v) is 29.2. The van der Waals surface area contributed by atoms with Crippen LogP contribution in [0.5, 0.6) is 0 Å². The van der Waals surface area contributed by atoms with Gasteiger partial charge in [0.2, 0.25) is 5.91 Å². The zero-order valence-corrected chi connectivity index (χ0v) is 44.2. The molecule has 0 aliphatic carbocycles. The van der Waals surface area contributed by atoms with Crippen LogP contribution in [-0.2, 0) is 18.4 Å². The highest BCUT2D eigenvalue weighted by Gasteiger charge is 2.27. The van der Waals surface area contributed by atoms with E-state index in [1.54, 1.807) is 6.08 Å². The maximum absolute atomic E-state index is 12.9. The predicted molar refractivity (Wildman–Crippen MR) is 277 cm³/mol. The third kappa shape index (κ3) is 48.9. The number of phosphoric acid groups is 1. The van der Waals surface area contributed by atoms with Crippen molar-refractivity contribution in [3.8, 4) is 0 Å². The number of rotatable bonds is 51. The maximum Gasteiger partial charge on any atom is 0.472 e. The van der Waals surface area contributed by atoms with Crippen molar-refractivity contribution in [2.75, 3.05) is 40.9 Å². The van der Waals surface area contributed by atoms with Gasteiger partial charge in [-0.25, -0.2) is 4.57 Å². The second-order valence-corrected chi connectivity index (χ2v) is 21.8. The molecule has 0 aromatic carbocycles. The van der Waals surface area contributed by atoms with Crippen LogP contribution in [-0.4, -0.2) is 73.4 Å². The van der Waals surface area contributed by atoms with Crippen LogP contribution in [0.25, 0.3) is 0 Å².